The maximum atomic E-state index is 13.2. The Balaban J connectivity index is 1.36. The fourth-order valence-corrected chi connectivity index (χ4v) is 6.83. The number of carbonyl (C=O) groups excluding carboxylic acids is 2. The molecule has 2 atom stereocenters. The number of amides is 2. The van der Waals surface area contributed by atoms with Gasteiger partial charge in [-0.05, 0) is 49.2 Å². The highest BCUT2D eigenvalue weighted by Crippen LogP contribution is 2.42. The van der Waals surface area contributed by atoms with Crippen LogP contribution in [0.4, 0.5) is 21.5 Å². The topological polar surface area (TPSA) is 121 Å². The highest BCUT2D eigenvalue weighted by Gasteiger charge is 2.49. The first kappa shape index (κ1) is 24.3. The second-order valence-corrected chi connectivity index (χ2v) is 11.2. The predicted molar refractivity (Wildman–Crippen MR) is 128 cm³/mol. The Morgan fingerprint density at radius 2 is 1.47 bits per heavy atom. The van der Waals surface area contributed by atoms with Gasteiger partial charge in [0.15, 0.2) is 0 Å². The van der Waals surface area contributed by atoms with Crippen molar-refractivity contribution in [1.29, 1.82) is 0 Å². The van der Waals surface area contributed by atoms with Crippen LogP contribution >= 0.6 is 0 Å². The molecule has 2 aromatic carbocycles. The van der Waals surface area contributed by atoms with Gasteiger partial charge in [-0.15, -0.1) is 0 Å². The first-order valence-electron chi connectivity index (χ1n) is 11.9. The molecule has 3 aliphatic rings. The third kappa shape index (κ3) is 4.13. The number of imide groups is 1. The van der Waals surface area contributed by atoms with E-state index in [0.29, 0.717) is 18.5 Å². The number of hydrogen-bond donors (Lipinski definition) is 0. The van der Waals surface area contributed by atoms with E-state index in [2.05, 4.69) is 0 Å². The largest absolute Gasteiger partial charge is 0.363 e. The zero-order chi connectivity index (χ0) is 25.6. The van der Waals surface area contributed by atoms with Gasteiger partial charge in [-0.2, -0.15) is 4.31 Å². The predicted octanol–water partition coefficient (Wildman–Crippen LogP) is 2.92. The number of halogens is 1. The third-order valence-electron chi connectivity index (χ3n) is 7.29. The average Bonchev–Trinajstić information content (AvgIpc) is 3.14. The molecule has 2 aliphatic heterocycles. The zero-order valence-corrected chi connectivity index (χ0v) is 20.2. The molecule has 0 radical (unpaired) electrons. The molecule has 5 rings (SSSR count). The molecule has 3 fully saturated rings. The van der Waals surface area contributed by atoms with Crippen LogP contribution < -0.4 is 9.80 Å². The van der Waals surface area contributed by atoms with Crippen LogP contribution in [0.3, 0.4) is 0 Å². The Labute approximate surface area is 207 Å². The van der Waals surface area contributed by atoms with Crippen molar-refractivity contribution < 1.29 is 27.3 Å². The number of fused-ring (bicyclic) bond motifs is 1. The molecule has 0 bridgehead atoms. The number of nitro benzene ring substituents is 1. The number of nitrogens with zero attached hydrogens (tertiary/aromatic N) is 4. The Hall–Kier alpha value is -3.38. The van der Waals surface area contributed by atoms with E-state index in [1.54, 1.807) is 4.90 Å². The van der Waals surface area contributed by atoms with E-state index in [0.717, 1.165) is 29.9 Å². The van der Waals surface area contributed by atoms with E-state index in [4.69, 9.17) is 0 Å². The van der Waals surface area contributed by atoms with E-state index in [9.17, 15) is 32.5 Å². The molecule has 10 nitrogen and oxygen atoms in total. The molecular weight excluding hydrogens is 491 g/mol. The summed E-state index contributed by atoms with van der Waals surface area (Å²) in [4.78, 5) is 40.0. The minimum absolute atomic E-state index is 0.0202. The Morgan fingerprint density at radius 1 is 0.889 bits per heavy atom. The Morgan fingerprint density at radius 3 is 2.03 bits per heavy atom. The van der Waals surface area contributed by atoms with Gasteiger partial charge in [0, 0.05) is 32.2 Å². The van der Waals surface area contributed by atoms with Gasteiger partial charge in [-0.25, -0.2) is 17.7 Å². The van der Waals surface area contributed by atoms with Crippen LogP contribution in [0, 0.1) is 27.8 Å². The lowest BCUT2D eigenvalue weighted by atomic mass is 9.81. The molecule has 2 heterocycles. The maximum absolute atomic E-state index is 13.2. The van der Waals surface area contributed by atoms with Gasteiger partial charge in [0.05, 0.1) is 27.3 Å². The van der Waals surface area contributed by atoms with Gasteiger partial charge < -0.3 is 4.90 Å². The monoisotopic (exact) mass is 516 g/mol. The van der Waals surface area contributed by atoms with Crippen LogP contribution in [-0.2, 0) is 19.6 Å². The normalized spacial score (nSPS) is 23.1. The molecule has 2 saturated heterocycles. The summed E-state index contributed by atoms with van der Waals surface area (Å²) in [6.45, 7) is 0.578. The fraction of sp³-hybridized carbons (Fsp3) is 0.417. The molecule has 2 aromatic rings. The molecule has 190 valence electrons. The number of piperazine rings is 1. The van der Waals surface area contributed by atoms with E-state index in [1.165, 1.54) is 34.6 Å². The molecule has 12 heteroatoms. The van der Waals surface area contributed by atoms with Crippen molar-refractivity contribution in [1.82, 2.24) is 4.31 Å². The van der Waals surface area contributed by atoms with Crippen molar-refractivity contribution in [3.8, 4) is 0 Å². The summed E-state index contributed by atoms with van der Waals surface area (Å²) in [6, 6.07) is 8.88. The lowest BCUT2D eigenvalue weighted by Gasteiger charge is -2.35. The van der Waals surface area contributed by atoms with Gasteiger partial charge in [-0.1, -0.05) is 12.8 Å². The van der Waals surface area contributed by atoms with E-state index < -0.39 is 20.8 Å². The van der Waals surface area contributed by atoms with Crippen LogP contribution in [0.2, 0.25) is 0 Å². The lowest BCUT2D eigenvalue weighted by molar-refractivity contribution is -0.384. The number of nitro groups is 1. The van der Waals surface area contributed by atoms with Crippen molar-refractivity contribution in [2.75, 3.05) is 36.0 Å². The summed E-state index contributed by atoms with van der Waals surface area (Å²) in [5.41, 5.74) is 0.226. The highest BCUT2D eigenvalue weighted by atomic mass is 32.2. The number of anilines is 2. The van der Waals surface area contributed by atoms with Gasteiger partial charge >= 0.3 is 0 Å². The smallest absolute Gasteiger partial charge is 0.294 e. The Kier molecular flexibility index (Phi) is 6.25. The zero-order valence-electron chi connectivity index (χ0n) is 19.4. The lowest BCUT2D eigenvalue weighted by Crippen LogP contribution is -2.48. The SMILES string of the molecule is O=C1[C@H]2CCCC[C@@H]2C(=O)N1c1ccc(N2CCN(S(=O)(=O)c3ccc(F)cc3)CC2)c([N+](=O)[O-])c1. The van der Waals surface area contributed by atoms with Gasteiger partial charge in [-0.3, -0.25) is 19.7 Å². The molecule has 1 aliphatic carbocycles. The van der Waals surface area contributed by atoms with E-state index in [1.807, 2.05) is 0 Å². The minimum Gasteiger partial charge on any atom is -0.363 e. The summed E-state index contributed by atoms with van der Waals surface area (Å²) in [5.74, 6) is -1.86. The summed E-state index contributed by atoms with van der Waals surface area (Å²) >= 11 is 0. The number of benzene rings is 2. The first-order valence-corrected chi connectivity index (χ1v) is 13.3. The number of sulfonamides is 1. The van der Waals surface area contributed by atoms with Crippen LogP contribution in [-0.4, -0.2) is 55.6 Å². The molecule has 36 heavy (non-hydrogen) atoms. The molecule has 1 saturated carbocycles. The summed E-state index contributed by atoms with van der Waals surface area (Å²) in [7, 11) is -3.83. The number of rotatable bonds is 5. The van der Waals surface area contributed by atoms with Gasteiger partial charge in [0.2, 0.25) is 21.8 Å². The van der Waals surface area contributed by atoms with Crippen LogP contribution in [0.15, 0.2) is 47.4 Å². The summed E-state index contributed by atoms with van der Waals surface area (Å²) in [6.07, 6.45) is 3.07. The Bertz CT molecular complexity index is 1300. The van der Waals surface area contributed by atoms with Crippen molar-refractivity contribution in [2.45, 2.75) is 30.6 Å². The van der Waals surface area contributed by atoms with E-state index in [-0.39, 0.29) is 66.1 Å². The van der Waals surface area contributed by atoms with E-state index >= 15 is 0 Å². The highest BCUT2D eigenvalue weighted by molar-refractivity contribution is 7.89. The average molecular weight is 517 g/mol. The number of hydrogen-bond acceptors (Lipinski definition) is 7. The third-order valence-corrected chi connectivity index (χ3v) is 9.20. The molecule has 0 unspecified atom stereocenters. The molecular formula is C24H25FN4O6S. The molecule has 0 spiro atoms. The molecule has 2 amide bonds. The second kappa shape index (κ2) is 9.25. The van der Waals surface area contributed by atoms with Crippen molar-refractivity contribution in [2.24, 2.45) is 11.8 Å². The van der Waals surface area contributed by atoms with Crippen molar-refractivity contribution in [3.05, 3.63) is 58.4 Å². The maximum Gasteiger partial charge on any atom is 0.294 e. The first-order chi connectivity index (χ1) is 17.2. The molecule has 0 aromatic heterocycles. The second-order valence-electron chi connectivity index (χ2n) is 9.28. The fourth-order valence-electron chi connectivity index (χ4n) is 5.41. The van der Waals surface area contributed by atoms with Crippen molar-refractivity contribution >= 4 is 38.9 Å². The van der Waals surface area contributed by atoms with Crippen molar-refractivity contribution in [3.63, 3.8) is 0 Å². The van der Waals surface area contributed by atoms with Gasteiger partial charge in [0.25, 0.3) is 5.69 Å². The quantitative estimate of drug-likeness (QED) is 0.340. The number of carbonyl (C=O) groups is 2. The minimum atomic E-state index is -3.83. The van der Waals surface area contributed by atoms with Crippen LogP contribution in [0.5, 0.6) is 0 Å². The van der Waals surface area contributed by atoms with Crippen LogP contribution in [0.25, 0.3) is 0 Å². The summed E-state index contributed by atoms with van der Waals surface area (Å²) in [5, 5.41) is 11.9. The van der Waals surface area contributed by atoms with Gasteiger partial charge in [0.1, 0.15) is 11.5 Å². The standard InChI is InChI=1S/C24H25FN4O6S/c25-16-5-8-18(9-6-16)36(34,35)27-13-11-26(12-14-27)21-10-7-17(15-22(21)29(32)33)28-23(30)19-3-1-2-4-20(19)24(28)31/h5-10,15,19-20H,1-4,11-14H2/t19-,20-/m0/s1. The summed E-state index contributed by atoms with van der Waals surface area (Å²) < 4.78 is 40.2. The van der Waals surface area contributed by atoms with Crippen LogP contribution in [0.1, 0.15) is 25.7 Å². The molecule has 0 N–H and O–H groups in total.